The molecule has 1 saturated carbocycles. The van der Waals surface area contributed by atoms with Crippen molar-refractivity contribution in [2.75, 3.05) is 6.61 Å². The molecule has 1 aromatic carbocycles. The lowest BCUT2D eigenvalue weighted by Gasteiger charge is -2.27. The zero-order valence-electron chi connectivity index (χ0n) is 15.9. The van der Waals surface area contributed by atoms with Crippen LogP contribution in [0.15, 0.2) is 12.1 Å². The lowest BCUT2D eigenvalue weighted by molar-refractivity contribution is -0.140. The van der Waals surface area contributed by atoms with Crippen LogP contribution in [-0.4, -0.2) is 12.6 Å². The standard InChI is InChI=1S/C21H30F2O3/c1-3-5-7-15-8-10-16(11-9-15)21(24)26-18-13-12-17(19(22)20(18)23)25-14-6-4-2/h12-13,15-16H,3-11,14H2,1-2H3/t15-,16-. The number of hydrogen-bond acceptors (Lipinski definition) is 3. The van der Waals surface area contributed by atoms with Crippen LogP contribution in [0.3, 0.4) is 0 Å². The van der Waals surface area contributed by atoms with Gasteiger partial charge >= 0.3 is 5.97 Å². The highest BCUT2D eigenvalue weighted by atomic mass is 19.2. The Hall–Kier alpha value is -1.65. The average Bonchev–Trinajstić information content (AvgIpc) is 2.66. The van der Waals surface area contributed by atoms with Crippen LogP contribution in [0.2, 0.25) is 0 Å². The summed E-state index contributed by atoms with van der Waals surface area (Å²) in [6.07, 6.45) is 8.80. The Morgan fingerprint density at radius 1 is 1.00 bits per heavy atom. The normalized spacial score (nSPS) is 20.0. The third-order valence-corrected chi connectivity index (χ3v) is 5.12. The molecule has 26 heavy (non-hydrogen) atoms. The molecule has 0 N–H and O–H groups in total. The molecule has 0 unspecified atom stereocenters. The Morgan fingerprint density at radius 3 is 2.27 bits per heavy atom. The van der Waals surface area contributed by atoms with Crippen molar-refractivity contribution in [2.24, 2.45) is 11.8 Å². The number of esters is 1. The predicted octanol–water partition coefficient (Wildman–Crippen LogP) is 6.05. The third kappa shape index (κ3) is 5.68. The van der Waals surface area contributed by atoms with E-state index in [-0.39, 0.29) is 17.4 Å². The summed E-state index contributed by atoms with van der Waals surface area (Å²) in [4.78, 5) is 12.3. The summed E-state index contributed by atoms with van der Waals surface area (Å²) >= 11 is 0. The van der Waals surface area contributed by atoms with E-state index in [0.29, 0.717) is 12.5 Å². The van der Waals surface area contributed by atoms with Gasteiger partial charge in [0, 0.05) is 0 Å². The monoisotopic (exact) mass is 368 g/mol. The van der Waals surface area contributed by atoms with Crippen LogP contribution < -0.4 is 9.47 Å². The third-order valence-electron chi connectivity index (χ3n) is 5.12. The molecule has 0 bridgehead atoms. The Morgan fingerprint density at radius 2 is 1.62 bits per heavy atom. The van der Waals surface area contributed by atoms with Crippen molar-refractivity contribution in [1.29, 1.82) is 0 Å². The molecule has 0 aromatic heterocycles. The highest BCUT2D eigenvalue weighted by molar-refractivity contribution is 5.75. The fourth-order valence-electron chi connectivity index (χ4n) is 3.40. The van der Waals surface area contributed by atoms with Gasteiger partial charge in [0.1, 0.15) is 0 Å². The molecule has 0 saturated heterocycles. The van der Waals surface area contributed by atoms with Gasteiger partial charge in [0.15, 0.2) is 11.5 Å². The first kappa shape index (κ1) is 20.7. The van der Waals surface area contributed by atoms with Crippen molar-refractivity contribution in [3.63, 3.8) is 0 Å². The Kier molecular flexibility index (Phi) is 8.33. The van der Waals surface area contributed by atoms with E-state index >= 15 is 0 Å². The average molecular weight is 368 g/mol. The highest BCUT2D eigenvalue weighted by Gasteiger charge is 2.28. The van der Waals surface area contributed by atoms with Crippen molar-refractivity contribution in [3.8, 4) is 11.5 Å². The van der Waals surface area contributed by atoms with Crippen LogP contribution in [0.1, 0.15) is 71.6 Å². The first-order valence-electron chi connectivity index (χ1n) is 9.89. The Balaban J connectivity index is 1.90. The van der Waals surface area contributed by atoms with Crippen LogP contribution >= 0.6 is 0 Å². The van der Waals surface area contributed by atoms with Gasteiger partial charge in [-0.15, -0.1) is 0 Å². The van der Waals surface area contributed by atoms with Gasteiger partial charge in [-0.3, -0.25) is 4.79 Å². The molecule has 0 heterocycles. The summed E-state index contributed by atoms with van der Waals surface area (Å²) in [5, 5.41) is 0. The first-order chi connectivity index (χ1) is 12.6. The summed E-state index contributed by atoms with van der Waals surface area (Å²) in [6, 6.07) is 2.59. The molecule has 2 rings (SSSR count). The molecule has 0 spiro atoms. The minimum absolute atomic E-state index is 0.146. The molecule has 0 amide bonds. The number of carbonyl (C=O) groups excluding carboxylic acids is 1. The lowest BCUT2D eigenvalue weighted by Crippen LogP contribution is -2.26. The van der Waals surface area contributed by atoms with E-state index in [1.165, 1.54) is 31.4 Å². The van der Waals surface area contributed by atoms with Gasteiger partial charge < -0.3 is 9.47 Å². The van der Waals surface area contributed by atoms with Crippen LogP contribution in [0.4, 0.5) is 8.78 Å². The van der Waals surface area contributed by atoms with Gasteiger partial charge in [-0.05, 0) is 50.2 Å². The molecule has 5 heteroatoms. The summed E-state index contributed by atoms with van der Waals surface area (Å²) in [6.45, 7) is 4.49. The minimum atomic E-state index is -1.16. The zero-order valence-corrected chi connectivity index (χ0v) is 15.9. The number of ether oxygens (including phenoxy) is 2. The SMILES string of the molecule is CCCCOc1ccc(OC(=O)[C@H]2CC[C@H](CCCC)CC2)c(F)c1F. The highest BCUT2D eigenvalue weighted by Crippen LogP contribution is 2.34. The van der Waals surface area contributed by atoms with Crippen molar-refractivity contribution in [2.45, 2.75) is 71.6 Å². The maximum atomic E-state index is 14.2. The molecule has 146 valence electrons. The van der Waals surface area contributed by atoms with Crippen LogP contribution in [0.25, 0.3) is 0 Å². The van der Waals surface area contributed by atoms with E-state index in [9.17, 15) is 13.6 Å². The van der Waals surface area contributed by atoms with Crippen molar-refractivity contribution in [3.05, 3.63) is 23.8 Å². The molecular weight excluding hydrogens is 338 g/mol. The predicted molar refractivity (Wildman–Crippen MR) is 97.4 cm³/mol. The van der Waals surface area contributed by atoms with E-state index < -0.39 is 17.6 Å². The van der Waals surface area contributed by atoms with E-state index in [2.05, 4.69) is 6.92 Å². The van der Waals surface area contributed by atoms with Gasteiger partial charge in [-0.25, -0.2) is 0 Å². The van der Waals surface area contributed by atoms with E-state index in [1.807, 2.05) is 6.92 Å². The topological polar surface area (TPSA) is 35.5 Å². The number of benzene rings is 1. The number of unbranched alkanes of at least 4 members (excludes halogenated alkanes) is 2. The molecule has 0 radical (unpaired) electrons. The van der Waals surface area contributed by atoms with Gasteiger partial charge in [0.05, 0.1) is 12.5 Å². The largest absolute Gasteiger partial charge is 0.490 e. The van der Waals surface area contributed by atoms with Crippen molar-refractivity contribution >= 4 is 5.97 Å². The fraction of sp³-hybridized carbons (Fsp3) is 0.667. The Bertz CT molecular complexity index is 581. The van der Waals surface area contributed by atoms with Crippen LogP contribution in [0.5, 0.6) is 11.5 Å². The zero-order chi connectivity index (χ0) is 18.9. The molecule has 1 aliphatic carbocycles. The van der Waals surface area contributed by atoms with E-state index in [1.54, 1.807) is 0 Å². The van der Waals surface area contributed by atoms with Gasteiger partial charge in [0.2, 0.25) is 11.6 Å². The van der Waals surface area contributed by atoms with Gasteiger partial charge in [0.25, 0.3) is 0 Å². The van der Waals surface area contributed by atoms with E-state index in [4.69, 9.17) is 9.47 Å². The van der Waals surface area contributed by atoms with Crippen molar-refractivity contribution in [1.82, 2.24) is 0 Å². The Labute approximate surface area is 155 Å². The lowest BCUT2D eigenvalue weighted by atomic mass is 9.80. The number of carbonyl (C=O) groups is 1. The maximum absolute atomic E-state index is 14.2. The first-order valence-corrected chi connectivity index (χ1v) is 9.89. The smallest absolute Gasteiger partial charge is 0.314 e. The van der Waals surface area contributed by atoms with Gasteiger partial charge in [-0.2, -0.15) is 8.78 Å². The molecule has 1 fully saturated rings. The number of rotatable bonds is 9. The quantitative estimate of drug-likeness (QED) is 0.302. The van der Waals surface area contributed by atoms with Gasteiger partial charge in [-0.1, -0.05) is 39.5 Å². The van der Waals surface area contributed by atoms with E-state index in [0.717, 1.165) is 38.5 Å². The second kappa shape index (κ2) is 10.5. The molecule has 3 nitrogen and oxygen atoms in total. The van der Waals surface area contributed by atoms with Crippen LogP contribution in [0, 0.1) is 23.5 Å². The molecule has 0 aliphatic heterocycles. The van der Waals surface area contributed by atoms with Crippen LogP contribution in [-0.2, 0) is 4.79 Å². The molecule has 0 atom stereocenters. The number of halogens is 2. The summed E-state index contributed by atoms with van der Waals surface area (Å²) in [5.74, 6) is -2.78. The second-order valence-electron chi connectivity index (χ2n) is 7.17. The summed E-state index contributed by atoms with van der Waals surface area (Å²) in [7, 11) is 0. The minimum Gasteiger partial charge on any atom is -0.490 e. The second-order valence-corrected chi connectivity index (χ2v) is 7.17. The molecule has 1 aromatic rings. The maximum Gasteiger partial charge on any atom is 0.314 e. The molecule has 1 aliphatic rings. The fourth-order valence-corrected chi connectivity index (χ4v) is 3.40. The van der Waals surface area contributed by atoms with Crippen molar-refractivity contribution < 1.29 is 23.0 Å². The number of hydrogen-bond donors (Lipinski definition) is 0. The summed E-state index contributed by atoms with van der Waals surface area (Å²) < 4.78 is 38.6. The summed E-state index contributed by atoms with van der Waals surface area (Å²) in [5.41, 5.74) is 0. The molecular formula is C21H30F2O3.